The second kappa shape index (κ2) is 6.45. The van der Waals surface area contributed by atoms with Gasteiger partial charge in [-0.1, -0.05) is 40.0 Å². The molecule has 0 rings (SSSR count). The second-order valence-corrected chi connectivity index (χ2v) is 4.07. The maximum Gasteiger partial charge on any atom is 0.0973 e. The van der Waals surface area contributed by atoms with Crippen molar-refractivity contribution in [2.45, 2.75) is 59.5 Å². The Kier molecular flexibility index (Phi) is 6.41. The predicted octanol–water partition coefficient (Wildman–Crippen LogP) is 4.20. The fraction of sp³-hybridized carbons (Fsp3) is 1.00. The van der Waals surface area contributed by atoms with Crippen LogP contribution in [0.3, 0.4) is 0 Å². The SMILES string of the molecule is CCC(C)C(C)CCCC(C)F. The van der Waals surface area contributed by atoms with Crippen molar-refractivity contribution in [3.63, 3.8) is 0 Å². The molecular formula is C11H23F. The Morgan fingerprint density at radius 1 is 1.00 bits per heavy atom. The first-order valence-corrected chi connectivity index (χ1v) is 5.22. The summed E-state index contributed by atoms with van der Waals surface area (Å²) < 4.78 is 12.4. The van der Waals surface area contributed by atoms with Crippen molar-refractivity contribution in [2.24, 2.45) is 11.8 Å². The summed E-state index contributed by atoms with van der Waals surface area (Å²) in [7, 11) is 0. The van der Waals surface area contributed by atoms with Crippen LogP contribution in [0.5, 0.6) is 0 Å². The van der Waals surface area contributed by atoms with Gasteiger partial charge in [-0.25, -0.2) is 4.39 Å². The Balaban J connectivity index is 3.37. The maximum atomic E-state index is 12.4. The van der Waals surface area contributed by atoms with Crippen LogP contribution < -0.4 is 0 Å². The lowest BCUT2D eigenvalue weighted by molar-refractivity contribution is 0.297. The van der Waals surface area contributed by atoms with Crippen LogP contribution in [-0.4, -0.2) is 6.17 Å². The lowest BCUT2D eigenvalue weighted by Crippen LogP contribution is -2.07. The van der Waals surface area contributed by atoms with Crippen LogP contribution in [0.15, 0.2) is 0 Å². The topological polar surface area (TPSA) is 0 Å². The van der Waals surface area contributed by atoms with Crippen LogP contribution in [-0.2, 0) is 0 Å². The molecule has 0 saturated carbocycles. The molecule has 3 unspecified atom stereocenters. The molecule has 0 heterocycles. The van der Waals surface area contributed by atoms with Gasteiger partial charge in [-0.3, -0.25) is 0 Å². The van der Waals surface area contributed by atoms with Crippen molar-refractivity contribution >= 4 is 0 Å². The molecule has 3 atom stereocenters. The normalized spacial score (nSPS) is 18.8. The minimum absolute atomic E-state index is 0.617. The molecule has 0 amide bonds. The van der Waals surface area contributed by atoms with E-state index in [2.05, 4.69) is 20.8 Å². The van der Waals surface area contributed by atoms with E-state index in [0.29, 0.717) is 0 Å². The van der Waals surface area contributed by atoms with E-state index < -0.39 is 6.17 Å². The average molecular weight is 174 g/mol. The first kappa shape index (κ1) is 11.9. The highest BCUT2D eigenvalue weighted by Gasteiger charge is 2.10. The monoisotopic (exact) mass is 174 g/mol. The summed E-state index contributed by atoms with van der Waals surface area (Å²) in [6, 6.07) is 0. The van der Waals surface area contributed by atoms with Gasteiger partial charge in [0.1, 0.15) is 0 Å². The molecule has 0 spiro atoms. The zero-order valence-electron chi connectivity index (χ0n) is 8.94. The van der Waals surface area contributed by atoms with Gasteiger partial charge in [0.05, 0.1) is 6.17 Å². The van der Waals surface area contributed by atoms with Gasteiger partial charge in [-0.2, -0.15) is 0 Å². The zero-order valence-corrected chi connectivity index (χ0v) is 8.94. The summed E-state index contributed by atoms with van der Waals surface area (Å²) in [5.41, 5.74) is 0. The lowest BCUT2D eigenvalue weighted by atomic mass is 9.89. The average Bonchev–Trinajstić information content (AvgIpc) is 2.02. The van der Waals surface area contributed by atoms with Crippen molar-refractivity contribution in [3.05, 3.63) is 0 Å². The largest absolute Gasteiger partial charge is 0.248 e. The highest BCUT2D eigenvalue weighted by Crippen LogP contribution is 2.20. The molecule has 0 aromatic rings. The van der Waals surface area contributed by atoms with E-state index in [-0.39, 0.29) is 0 Å². The third-order valence-electron chi connectivity index (χ3n) is 2.88. The van der Waals surface area contributed by atoms with Crippen molar-refractivity contribution in [2.75, 3.05) is 0 Å². The van der Waals surface area contributed by atoms with Crippen molar-refractivity contribution in [1.29, 1.82) is 0 Å². The van der Waals surface area contributed by atoms with Gasteiger partial charge in [0.25, 0.3) is 0 Å². The van der Waals surface area contributed by atoms with E-state index in [4.69, 9.17) is 0 Å². The lowest BCUT2D eigenvalue weighted by Gasteiger charge is -2.17. The smallest absolute Gasteiger partial charge is 0.0973 e. The maximum absolute atomic E-state index is 12.4. The van der Waals surface area contributed by atoms with Crippen LogP contribution in [0.1, 0.15) is 53.4 Å². The van der Waals surface area contributed by atoms with Gasteiger partial charge in [0.2, 0.25) is 0 Å². The minimum atomic E-state index is -0.617. The summed E-state index contributed by atoms with van der Waals surface area (Å²) in [4.78, 5) is 0. The van der Waals surface area contributed by atoms with Crippen LogP contribution in [0, 0.1) is 11.8 Å². The molecule has 0 fully saturated rings. The fourth-order valence-corrected chi connectivity index (χ4v) is 1.41. The molecule has 0 aliphatic rings. The molecule has 0 aromatic carbocycles. The summed E-state index contributed by atoms with van der Waals surface area (Å²) in [6.45, 7) is 8.42. The van der Waals surface area contributed by atoms with Crippen molar-refractivity contribution < 1.29 is 4.39 Å². The van der Waals surface area contributed by atoms with Gasteiger partial charge in [-0.15, -0.1) is 0 Å². The Labute approximate surface area is 76.6 Å². The van der Waals surface area contributed by atoms with Crippen molar-refractivity contribution in [3.8, 4) is 0 Å². The molecule has 0 aromatic heterocycles. The highest BCUT2D eigenvalue weighted by molar-refractivity contribution is 4.61. The Morgan fingerprint density at radius 2 is 1.58 bits per heavy atom. The molecule has 12 heavy (non-hydrogen) atoms. The number of alkyl halides is 1. The van der Waals surface area contributed by atoms with Crippen LogP contribution in [0.4, 0.5) is 4.39 Å². The van der Waals surface area contributed by atoms with Crippen molar-refractivity contribution in [1.82, 2.24) is 0 Å². The molecule has 0 aliphatic carbocycles. The first-order valence-electron chi connectivity index (χ1n) is 5.22. The van der Waals surface area contributed by atoms with E-state index in [1.165, 1.54) is 12.8 Å². The number of hydrogen-bond donors (Lipinski definition) is 0. The molecule has 0 saturated heterocycles. The minimum Gasteiger partial charge on any atom is -0.248 e. The fourth-order valence-electron chi connectivity index (χ4n) is 1.41. The molecule has 74 valence electrons. The van der Waals surface area contributed by atoms with Gasteiger partial charge < -0.3 is 0 Å². The second-order valence-electron chi connectivity index (χ2n) is 4.07. The number of hydrogen-bond acceptors (Lipinski definition) is 0. The van der Waals surface area contributed by atoms with E-state index in [1.54, 1.807) is 6.92 Å². The van der Waals surface area contributed by atoms with Gasteiger partial charge in [0, 0.05) is 0 Å². The van der Waals surface area contributed by atoms with Gasteiger partial charge in [-0.05, 0) is 25.2 Å². The molecule has 1 heteroatoms. The van der Waals surface area contributed by atoms with E-state index in [9.17, 15) is 4.39 Å². The standard InChI is InChI=1S/C11H23F/c1-5-9(2)10(3)7-6-8-11(4)12/h9-11H,5-8H2,1-4H3. The first-order chi connectivity index (χ1) is 5.57. The van der Waals surface area contributed by atoms with E-state index in [1.807, 2.05) is 0 Å². The quantitative estimate of drug-likeness (QED) is 0.566. The summed E-state index contributed by atoms with van der Waals surface area (Å²) in [5.74, 6) is 1.55. The van der Waals surface area contributed by atoms with Gasteiger partial charge in [0.15, 0.2) is 0 Å². The predicted molar refractivity (Wildman–Crippen MR) is 53.0 cm³/mol. The molecule has 0 nitrogen and oxygen atoms in total. The van der Waals surface area contributed by atoms with Crippen LogP contribution in [0.2, 0.25) is 0 Å². The third-order valence-corrected chi connectivity index (χ3v) is 2.88. The number of halogens is 1. The van der Waals surface area contributed by atoms with Gasteiger partial charge >= 0.3 is 0 Å². The van der Waals surface area contributed by atoms with E-state index >= 15 is 0 Å². The van der Waals surface area contributed by atoms with Crippen LogP contribution >= 0.6 is 0 Å². The summed E-state index contributed by atoms with van der Waals surface area (Å²) in [5, 5.41) is 0. The number of rotatable bonds is 6. The van der Waals surface area contributed by atoms with E-state index in [0.717, 1.165) is 24.7 Å². The summed E-state index contributed by atoms with van der Waals surface area (Å²) >= 11 is 0. The molecule has 0 N–H and O–H groups in total. The summed E-state index contributed by atoms with van der Waals surface area (Å²) in [6.07, 6.45) is 3.59. The molecule has 0 radical (unpaired) electrons. The molecule has 0 aliphatic heterocycles. The Morgan fingerprint density at radius 3 is 2.00 bits per heavy atom. The molecule has 0 bridgehead atoms. The third kappa shape index (κ3) is 5.56. The Hall–Kier alpha value is -0.0700. The highest BCUT2D eigenvalue weighted by atomic mass is 19.1. The molecular weight excluding hydrogens is 151 g/mol. The Bertz CT molecular complexity index is 99.2. The van der Waals surface area contributed by atoms with Crippen LogP contribution in [0.25, 0.3) is 0 Å². The zero-order chi connectivity index (χ0) is 9.56.